The summed E-state index contributed by atoms with van der Waals surface area (Å²) in [5, 5.41) is 8.27. The predicted molar refractivity (Wildman–Crippen MR) is 47.5 cm³/mol. The molecule has 0 fully saturated rings. The van der Waals surface area contributed by atoms with Gasteiger partial charge in [0.1, 0.15) is 0 Å². The maximum absolute atomic E-state index is 8.27. The van der Waals surface area contributed by atoms with E-state index in [-0.39, 0.29) is 0 Å². The van der Waals surface area contributed by atoms with E-state index >= 15 is 0 Å². The van der Waals surface area contributed by atoms with Gasteiger partial charge in [0, 0.05) is 0 Å². The first-order valence-electron chi connectivity index (χ1n) is 2.83. The van der Waals surface area contributed by atoms with Crippen molar-refractivity contribution in [2.75, 3.05) is 0 Å². The van der Waals surface area contributed by atoms with Crippen LogP contribution < -0.4 is 0 Å². The summed E-state index contributed by atoms with van der Waals surface area (Å²) < 4.78 is 0. The Morgan fingerprint density at radius 1 is 1.55 bits per heavy atom. The fourth-order valence-electron chi connectivity index (χ4n) is 0.463. The number of nitriles is 1. The largest absolute Gasteiger partial charge is 0.618 e. The molecular weight excluding hydrogens is 193 g/mol. The highest BCUT2D eigenvalue weighted by atomic mass is 35.6. The first kappa shape index (κ1) is 11.1. The van der Waals surface area contributed by atoms with Gasteiger partial charge in [0.2, 0.25) is 0 Å². The van der Waals surface area contributed by atoms with E-state index in [2.05, 4.69) is 6.07 Å². The molecule has 0 atom stereocenters. The smallest absolute Gasteiger partial charge is 0.309 e. The van der Waals surface area contributed by atoms with Crippen LogP contribution in [0.3, 0.4) is 0 Å². The Balaban J connectivity index is 0.000000292. The SMILES string of the molecule is N#Cc1c[c]ccc1.[Cl][Mg][Cl]. The maximum atomic E-state index is 8.27. The molecular formula is C7H4Cl2MgN. The van der Waals surface area contributed by atoms with Crippen molar-refractivity contribution in [3.8, 4) is 6.07 Å². The van der Waals surface area contributed by atoms with Crippen LogP contribution in [0.25, 0.3) is 0 Å². The van der Waals surface area contributed by atoms with Crippen molar-refractivity contribution in [3.05, 3.63) is 35.9 Å². The van der Waals surface area contributed by atoms with Gasteiger partial charge in [-0.2, -0.15) is 5.26 Å². The third-order valence-corrected chi connectivity index (χ3v) is 0.836. The molecule has 4 heteroatoms. The molecule has 0 heterocycles. The quantitative estimate of drug-likeness (QED) is 0.586. The number of rotatable bonds is 0. The highest BCUT2D eigenvalue weighted by Gasteiger charge is 1.80. The van der Waals surface area contributed by atoms with E-state index < -0.39 is 18.2 Å². The molecule has 0 unspecified atom stereocenters. The second-order valence-electron chi connectivity index (χ2n) is 1.50. The number of nitrogens with zero attached hydrogens (tertiary/aromatic N) is 1. The zero-order valence-electron chi connectivity index (χ0n) is 5.72. The van der Waals surface area contributed by atoms with Gasteiger partial charge >= 0.3 is 18.2 Å². The maximum Gasteiger partial charge on any atom is 0.618 e. The molecule has 0 aliphatic rings. The molecule has 0 aliphatic heterocycles. The lowest BCUT2D eigenvalue weighted by atomic mass is 10.2. The zero-order chi connectivity index (χ0) is 8.53. The van der Waals surface area contributed by atoms with E-state index in [1.54, 1.807) is 24.3 Å². The minimum atomic E-state index is -0.639. The van der Waals surface area contributed by atoms with Crippen LogP contribution in [-0.2, 0) is 0 Å². The lowest BCUT2D eigenvalue weighted by molar-refractivity contribution is 1.48. The van der Waals surface area contributed by atoms with Crippen LogP contribution in [0.2, 0.25) is 0 Å². The van der Waals surface area contributed by atoms with Gasteiger partial charge in [0.25, 0.3) is 0 Å². The number of hydrogen-bond acceptors (Lipinski definition) is 1. The number of halogens is 2. The average molecular weight is 197 g/mol. The molecule has 1 radical (unpaired) electrons. The minimum absolute atomic E-state index is 0.639. The van der Waals surface area contributed by atoms with Gasteiger partial charge in [0.05, 0.1) is 11.6 Å². The fourth-order valence-corrected chi connectivity index (χ4v) is 0.463. The molecule has 1 rings (SSSR count). The van der Waals surface area contributed by atoms with Crippen LogP contribution in [0.5, 0.6) is 0 Å². The Hall–Kier alpha value is 0.0562. The molecule has 53 valence electrons. The van der Waals surface area contributed by atoms with E-state index in [0.717, 1.165) is 0 Å². The van der Waals surface area contributed by atoms with Crippen molar-refractivity contribution in [1.82, 2.24) is 0 Å². The Labute approximate surface area is 83.2 Å². The van der Waals surface area contributed by atoms with Gasteiger partial charge in [-0.3, -0.25) is 0 Å². The summed E-state index contributed by atoms with van der Waals surface area (Å²) in [6.45, 7) is 0. The molecule has 1 nitrogen and oxygen atoms in total. The van der Waals surface area contributed by atoms with Gasteiger partial charge in [-0.25, -0.2) is 0 Å². The van der Waals surface area contributed by atoms with Crippen LogP contribution in [0.15, 0.2) is 24.3 Å². The van der Waals surface area contributed by atoms with E-state index in [1.807, 2.05) is 6.07 Å². The van der Waals surface area contributed by atoms with Crippen LogP contribution in [0, 0.1) is 17.4 Å². The summed E-state index contributed by atoms with van der Waals surface area (Å²) in [4.78, 5) is 0. The highest BCUT2D eigenvalue weighted by molar-refractivity contribution is 7.22. The highest BCUT2D eigenvalue weighted by Crippen LogP contribution is 1.92. The summed E-state index contributed by atoms with van der Waals surface area (Å²) in [5.74, 6) is 0. The summed E-state index contributed by atoms with van der Waals surface area (Å²) >= 11 is -0.639. The molecule has 0 N–H and O–H groups in total. The lowest BCUT2D eigenvalue weighted by Gasteiger charge is -1.79. The fraction of sp³-hybridized carbons (Fsp3) is 0. The zero-order valence-corrected chi connectivity index (χ0v) is 8.65. The molecule has 0 aromatic heterocycles. The van der Waals surface area contributed by atoms with Crippen molar-refractivity contribution in [2.45, 2.75) is 0 Å². The second-order valence-corrected chi connectivity index (χ2v) is 4.13. The molecule has 0 aliphatic carbocycles. The summed E-state index contributed by atoms with van der Waals surface area (Å²) in [6, 6.07) is 11.7. The normalized spacial score (nSPS) is 6.64. The van der Waals surface area contributed by atoms with Gasteiger partial charge in [0.15, 0.2) is 0 Å². The van der Waals surface area contributed by atoms with Crippen LogP contribution >= 0.6 is 18.1 Å². The molecule has 1 aromatic carbocycles. The van der Waals surface area contributed by atoms with Crippen LogP contribution in [0.1, 0.15) is 5.56 Å². The number of hydrogen-bond donors (Lipinski definition) is 0. The molecule has 0 saturated carbocycles. The molecule has 0 amide bonds. The predicted octanol–water partition coefficient (Wildman–Crippen LogP) is 2.36. The van der Waals surface area contributed by atoms with Crippen molar-refractivity contribution in [3.63, 3.8) is 0 Å². The molecule has 0 spiro atoms. The third kappa shape index (κ3) is 6.45. The Morgan fingerprint density at radius 3 is 2.45 bits per heavy atom. The van der Waals surface area contributed by atoms with E-state index in [0.29, 0.717) is 5.56 Å². The van der Waals surface area contributed by atoms with Crippen molar-refractivity contribution in [1.29, 1.82) is 5.26 Å². The summed E-state index contributed by atoms with van der Waals surface area (Å²) in [5.41, 5.74) is 0.660. The van der Waals surface area contributed by atoms with Crippen molar-refractivity contribution in [2.24, 2.45) is 0 Å². The van der Waals surface area contributed by atoms with E-state index in [4.69, 9.17) is 23.4 Å². The summed E-state index contributed by atoms with van der Waals surface area (Å²) in [7, 11) is 9.81. The Morgan fingerprint density at radius 2 is 2.18 bits per heavy atom. The van der Waals surface area contributed by atoms with E-state index in [9.17, 15) is 0 Å². The first-order chi connectivity index (χ1) is 5.35. The average Bonchev–Trinajstić information content (AvgIpc) is 2.08. The monoisotopic (exact) mass is 196 g/mol. The molecule has 11 heavy (non-hydrogen) atoms. The topological polar surface area (TPSA) is 23.8 Å². The Kier molecular flexibility index (Phi) is 8.20. The van der Waals surface area contributed by atoms with Gasteiger partial charge in [-0.1, -0.05) is 12.1 Å². The first-order valence-corrected chi connectivity index (χ1v) is 7.11. The lowest BCUT2D eigenvalue weighted by Crippen LogP contribution is -1.66. The van der Waals surface area contributed by atoms with Gasteiger partial charge in [-0.15, -0.1) is 0 Å². The van der Waals surface area contributed by atoms with Gasteiger partial charge < -0.3 is 18.1 Å². The van der Waals surface area contributed by atoms with Crippen molar-refractivity contribution >= 4 is 36.3 Å². The molecule has 0 saturated heterocycles. The van der Waals surface area contributed by atoms with Crippen LogP contribution in [-0.4, -0.2) is 18.2 Å². The molecule has 1 aromatic rings. The minimum Gasteiger partial charge on any atom is -0.309 e. The summed E-state index contributed by atoms with van der Waals surface area (Å²) in [6.07, 6.45) is 0. The molecule has 0 bridgehead atoms. The third-order valence-electron chi connectivity index (χ3n) is 0.836. The standard InChI is InChI=1S/C7H4N.2ClH.Mg/c8-6-7-4-2-1-3-5-7;;;/h1-2,4-5H;2*1H;/q;;;+2/p-2. The number of benzene rings is 1. The Bertz CT molecular complexity index is 220. The second kappa shape index (κ2) is 8.16. The van der Waals surface area contributed by atoms with E-state index in [1.165, 1.54) is 0 Å². The van der Waals surface area contributed by atoms with Gasteiger partial charge in [-0.05, 0) is 18.2 Å². The van der Waals surface area contributed by atoms with Crippen molar-refractivity contribution < 1.29 is 0 Å². The van der Waals surface area contributed by atoms with Crippen LogP contribution in [0.4, 0.5) is 0 Å².